The molecule has 0 heterocycles. The largest absolute Gasteiger partial charge is 0.352 e. The lowest BCUT2D eigenvalue weighted by Gasteiger charge is -2.32. The maximum atomic E-state index is 13.7. The van der Waals surface area contributed by atoms with Crippen LogP contribution in [-0.4, -0.2) is 34.6 Å². The number of halogens is 2. The van der Waals surface area contributed by atoms with Gasteiger partial charge in [-0.2, -0.15) is 0 Å². The van der Waals surface area contributed by atoms with Crippen LogP contribution >= 0.6 is 35.0 Å². The minimum atomic E-state index is -0.640. The van der Waals surface area contributed by atoms with Crippen molar-refractivity contribution in [2.45, 2.75) is 51.1 Å². The van der Waals surface area contributed by atoms with Crippen LogP contribution in [0.25, 0.3) is 0 Å². The summed E-state index contributed by atoms with van der Waals surface area (Å²) >= 11 is 14.1. The first kappa shape index (κ1) is 28.1. The third kappa shape index (κ3) is 8.29. The number of carbonyl (C=O) groups excluding carboxylic acids is 2. The fourth-order valence-corrected chi connectivity index (χ4v) is 5.42. The molecule has 0 unspecified atom stereocenters. The molecule has 36 heavy (non-hydrogen) atoms. The molecule has 3 aromatic rings. The SMILES string of the molecule is CC[C@H](C)NC(=O)[C@H](Cc1ccccc1)N(Cc1ccccc1)C(=O)CSCc1c(Cl)cccc1Cl. The summed E-state index contributed by atoms with van der Waals surface area (Å²) in [4.78, 5) is 28.9. The quantitative estimate of drug-likeness (QED) is 0.274. The van der Waals surface area contributed by atoms with E-state index < -0.39 is 6.04 Å². The predicted octanol–water partition coefficient (Wildman–Crippen LogP) is 6.78. The Morgan fingerprint density at radius 1 is 0.889 bits per heavy atom. The number of nitrogens with zero attached hydrogens (tertiary/aromatic N) is 1. The van der Waals surface area contributed by atoms with Gasteiger partial charge < -0.3 is 10.2 Å². The molecule has 3 rings (SSSR count). The smallest absolute Gasteiger partial charge is 0.243 e. The average Bonchev–Trinajstić information content (AvgIpc) is 2.88. The second-order valence-corrected chi connectivity index (χ2v) is 10.5. The van der Waals surface area contributed by atoms with Crippen molar-refractivity contribution < 1.29 is 9.59 Å². The molecule has 0 aliphatic rings. The van der Waals surface area contributed by atoms with Crippen molar-refractivity contribution in [1.29, 1.82) is 0 Å². The Morgan fingerprint density at radius 2 is 1.47 bits per heavy atom. The Balaban J connectivity index is 1.85. The third-order valence-corrected chi connectivity index (χ3v) is 7.65. The molecule has 0 saturated carbocycles. The lowest BCUT2D eigenvalue weighted by Crippen LogP contribution is -2.52. The molecule has 4 nitrogen and oxygen atoms in total. The fourth-order valence-electron chi connectivity index (χ4n) is 3.77. The summed E-state index contributed by atoms with van der Waals surface area (Å²) in [6.45, 7) is 4.35. The Kier molecular flexibility index (Phi) is 11.2. The molecule has 0 radical (unpaired) electrons. The molecule has 7 heteroatoms. The van der Waals surface area contributed by atoms with Crippen molar-refractivity contribution in [3.8, 4) is 0 Å². The van der Waals surface area contributed by atoms with Crippen LogP contribution in [0.3, 0.4) is 0 Å². The van der Waals surface area contributed by atoms with Gasteiger partial charge in [0.15, 0.2) is 0 Å². The van der Waals surface area contributed by atoms with Gasteiger partial charge in [-0.15, -0.1) is 11.8 Å². The van der Waals surface area contributed by atoms with E-state index in [1.54, 1.807) is 23.1 Å². The Morgan fingerprint density at radius 3 is 2.06 bits per heavy atom. The number of hydrogen-bond donors (Lipinski definition) is 1. The first-order valence-corrected chi connectivity index (χ1v) is 14.0. The highest BCUT2D eigenvalue weighted by molar-refractivity contribution is 7.99. The topological polar surface area (TPSA) is 49.4 Å². The molecule has 0 fully saturated rings. The van der Waals surface area contributed by atoms with Crippen LogP contribution < -0.4 is 5.32 Å². The van der Waals surface area contributed by atoms with Gasteiger partial charge in [0.2, 0.25) is 11.8 Å². The first-order valence-electron chi connectivity index (χ1n) is 12.1. The second-order valence-electron chi connectivity index (χ2n) is 8.72. The molecule has 0 saturated heterocycles. The number of rotatable bonds is 12. The van der Waals surface area contributed by atoms with E-state index in [0.29, 0.717) is 28.8 Å². The molecule has 2 atom stereocenters. The van der Waals surface area contributed by atoms with Crippen molar-refractivity contribution in [2.24, 2.45) is 0 Å². The Bertz CT molecular complexity index is 1110. The van der Waals surface area contributed by atoms with Crippen molar-refractivity contribution in [2.75, 3.05) is 5.75 Å². The minimum Gasteiger partial charge on any atom is -0.352 e. The summed E-state index contributed by atoms with van der Waals surface area (Å²) in [6.07, 6.45) is 1.24. The summed E-state index contributed by atoms with van der Waals surface area (Å²) in [5.74, 6) is 0.464. The number of hydrogen-bond acceptors (Lipinski definition) is 3. The van der Waals surface area contributed by atoms with E-state index in [2.05, 4.69) is 5.32 Å². The molecule has 0 aliphatic carbocycles. The van der Waals surface area contributed by atoms with Crippen molar-refractivity contribution in [1.82, 2.24) is 10.2 Å². The molecule has 190 valence electrons. The molecule has 2 amide bonds. The average molecular weight is 544 g/mol. The van der Waals surface area contributed by atoms with E-state index in [9.17, 15) is 9.59 Å². The van der Waals surface area contributed by atoms with Gasteiger partial charge in [-0.05, 0) is 42.2 Å². The normalized spacial score (nSPS) is 12.6. The minimum absolute atomic E-state index is 0.0150. The summed E-state index contributed by atoms with van der Waals surface area (Å²) < 4.78 is 0. The van der Waals surface area contributed by atoms with Gasteiger partial charge in [-0.3, -0.25) is 9.59 Å². The van der Waals surface area contributed by atoms with Gasteiger partial charge in [-0.1, -0.05) is 96.9 Å². The third-order valence-electron chi connectivity index (χ3n) is 6.00. The second kappa shape index (κ2) is 14.3. The highest BCUT2D eigenvalue weighted by Crippen LogP contribution is 2.28. The van der Waals surface area contributed by atoms with Crippen LogP contribution in [0.5, 0.6) is 0 Å². The lowest BCUT2D eigenvalue weighted by molar-refractivity contribution is -0.139. The monoisotopic (exact) mass is 542 g/mol. The van der Waals surface area contributed by atoms with E-state index in [-0.39, 0.29) is 23.6 Å². The van der Waals surface area contributed by atoms with Gasteiger partial charge in [0.25, 0.3) is 0 Å². The maximum absolute atomic E-state index is 13.7. The zero-order valence-corrected chi connectivity index (χ0v) is 23.0. The number of benzene rings is 3. The summed E-state index contributed by atoms with van der Waals surface area (Å²) in [7, 11) is 0. The van der Waals surface area contributed by atoms with Crippen molar-refractivity contribution in [3.63, 3.8) is 0 Å². The number of amides is 2. The zero-order chi connectivity index (χ0) is 25.9. The molecule has 0 aromatic heterocycles. The van der Waals surface area contributed by atoms with E-state index >= 15 is 0 Å². The van der Waals surface area contributed by atoms with Crippen LogP contribution in [0.4, 0.5) is 0 Å². The summed E-state index contributed by atoms with van der Waals surface area (Å²) in [5, 5.41) is 4.26. The Labute approximate surface area is 228 Å². The van der Waals surface area contributed by atoms with Gasteiger partial charge in [0, 0.05) is 34.8 Å². The number of carbonyl (C=O) groups is 2. The lowest BCUT2D eigenvalue weighted by atomic mass is 10.0. The van der Waals surface area contributed by atoms with E-state index in [1.165, 1.54) is 11.8 Å². The van der Waals surface area contributed by atoms with E-state index in [4.69, 9.17) is 23.2 Å². The van der Waals surface area contributed by atoms with E-state index in [1.807, 2.05) is 74.5 Å². The van der Waals surface area contributed by atoms with Crippen LogP contribution in [0, 0.1) is 0 Å². The standard InChI is InChI=1S/C29H32Cl2N2O2S/c1-3-21(2)32-29(35)27(17-22-11-6-4-7-12-22)33(18-23-13-8-5-9-14-23)28(34)20-36-19-24-25(30)15-10-16-26(24)31/h4-16,21,27H,3,17-20H2,1-2H3,(H,32,35)/t21-,27-/m0/s1. The molecule has 0 aliphatic heterocycles. The summed E-state index contributed by atoms with van der Waals surface area (Å²) in [5.41, 5.74) is 2.78. The predicted molar refractivity (Wildman–Crippen MR) is 151 cm³/mol. The van der Waals surface area contributed by atoms with Crippen LogP contribution in [0.2, 0.25) is 10.0 Å². The summed E-state index contributed by atoms with van der Waals surface area (Å²) in [6, 6.07) is 24.4. The van der Waals surface area contributed by atoms with Gasteiger partial charge in [-0.25, -0.2) is 0 Å². The molecule has 0 spiro atoms. The van der Waals surface area contributed by atoms with Crippen LogP contribution in [0.15, 0.2) is 78.9 Å². The van der Waals surface area contributed by atoms with E-state index in [0.717, 1.165) is 23.1 Å². The first-order chi connectivity index (χ1) is 17.4. The van der Waals surface area contributed by atoms with Crippen LogP contribution in [0.1, 0.15) is 37.0 Å². The van der Waals surface area contributed by atoms with Gasteiger partial charge >= 0.3 is 0 Å². The number of nitrogens with one attached hydrogen (secondary N) is 1. The molecular weight excluding hydrogens is 511 g/mol. The fraction of sp³-hybridized carbons (Fsp3) is 0.310. The molecular formula is C29H32Cl2N2O2S. The number of thioether (sulfide) groups is 1. The zero-order valence-electron chi connectivity index (χ0n) is 20.6. The Hall–Kier alpha value is -2.47. The molecule has 1 N–H and O–H groups in total. The highest BCUT2D eigenvalue weighted by atomic mass is 35.5. The molecule has 3 aromatic carbocycles. The van der Waals surface area contributed by atoms with Gasteiger partial charge in [0.05, 0.1) is 5.75 Å². The van der Waals surface area contributed by atoms with Crippen molar-refractivity contribution >= 4 is 46.8 Å². The maximum Gasteiger partial charge on any atom is 0.243 e. The van der Waals surface area contributed by atoms with Gasteiger partial charge in [0.1, 0.15) is 6.04 Å². The van der Waals surface area contributed by atoms with Crippen LogP contribution in [-0.2, 0) is 28.3 Å². The highest BCUT2D eigenvalue weighted by Gasteiger charge is 2.30. The molecule has 0 bridgehead atoms. The van der Waals surface area contributed by atoms with Crippen molar-refractivity contribution in [3.05, 3.63) is 106 Å².